The van der Waals surface area contributed by atoms with Gasteiger partial charge in [-0.25, -0.2) is 0 Å². The van der Waals surface area contributed by atoms with Crippen LogP contribution < -0.4 is 5.32 Å². The van der Waals surface area contributed by atoms with Crippen LogP contribution >= 0.6 is 0 Å². The molecule has 1 saturated carbocycles. The van der Waals surface area contributed by atoms with Gasteiger partial charge in [0.05, 0.1) is 6.07 Å². The van der Waals surface area contributed by atoms with Gasteiger partial charge >= 0.3 is 0 Å². The third-order valence-corrected chi connectivity index (χ3v) is 1.99. The van der Waals surface area contributed by atoms with Crippen molar-refractivity contribution >= 4 is 5.91 Å². The van der Waals surface area contributed by atoms with Gasteiger partial charge in [-0.2, -0.15) is 5.26 Å². The van der Waals surface area contributed by atoms with Crippen molar-refractivity contribution in [1.82, 2.24) is 5.32 Å². The minimum atomic E-state index is -0.312. The molecule has 1 rings (SSSR count). The summed E-state index contributed by atoms with van der Waals surface area (Å²) >= 11 is 0. The van der Waals surface area contributed by atoms with Crippen molar-refractivity contribution in [3.05, 3.63) is 0 Å². The molecule has 0 spiro atoms. The number of rotatable bonds is 5. The SMILES string of the molecule is CCOCC(=O)NC(C#N)C1CC1. The van der Waals surface area contributed by atoms with Gasteiger partial charge in [-0.05, 0) is 25.7 Å². The largest absolute Gasteiger partial charge is 0.372 e. The van der Waals surface area contributed by atoms with Gasteiger partial charge in [0, 0.05) is 6.61 Å². The lowest BCUT2D eigenvalue weighted by atomic mass is 10.2. The second-order valence-corrected chi connectivity index (χ2v) is 3.15. The molecule has 13 heavy (non-hydrogen) atoms. The quantitative estimate of drug-likeness (QED) is 0.671. The van der Waals surface area contributed by atoms with E-state index in [9.17, 15) is 4.79 Å². The van der Waals surface area contributed by atoms with Gasteiger partial charge in [-0.1, -0.05) is 0 Å². The molecule has 0 aromatic rings. The van der Waals surface area contributed by atoms with Crippen LogP contribution in [-0.2, 0) is 9.53 Å². The average molecular weight is 182 g/mol. The molecule has 1 aliphatic carbocycles. The summed E-state index contributed by atoms with van der Waals surface area (Å²) in [4.78, 5) is 11.1. The summed E-state index contributed by atoms with van der Waals surface area (Å²) in [6, 6.07) is 1.77. The maximum atomic E-state index is 11.1. The Bertz CT molecular complexity index is 218. The molecular weight excluding hydrogens is 168 g/mol. The molecule has 4 heteroatoms. The first-order chi connectivity index (χ1) is 6.27. The van der Waals surface area contributed by atoms with Gasteiger partial charge in [0.1, 0.15) is 12.6 Å². The van der Waals surface area contributed by atoms with Crippen LogP contribution in [0.5, 0.6) is 0 Å². The summed E-state index contributed by atoms with van der Waals surface area (Å²) in [7, 11) is 0. The van der Waals surface area contributed by atoms with Crippen LogP contribution in [0.1, 0.15) is 19.8 Å². The summed E-state index contributed by atoms with van der Waals surface area (Å²) < 4.78 is 4.92. The Labute approximate surface area is 77.9 Å². The zero-order chi connectivity index (χ0) is 9.68. The highest BCUT2D eigenvalue weighted by Crippen LogP contribution is 2.32. The van der Waals surface area contributed by atoms with Gasteiger partial charge < -0.3 is 10.1 Å². The third-order valence-electron chi connectivity index (χ3n) is 1.99. The lowest BCUT2D eigenvalue weighted by molar-refractivity contribution is -0.126. The molecule has 0 radical (unpaired) electrons. The summed E-state index contributed by atoms with van der Waals surface area (Å²) in [5.41, 5.74) is 0. The van der Waals surface area contributed by atoms with Crippen LogP contribution in [0.3, 0.4) is 0 Å². The summed E-state index contributed by atoms with van der Waals surface area (Å²) in [6.07, 6.45) is 2.10. The van der Waals surface area contributed by atoms with Crippen molar-refractivity contribution in [2.75, 3.05) is 13.2 Å². The summed E-state index contributed by atoms with van der Waals surface area (Å²) in [5, 5.41) is 11.3. The first-order valence-corrected chi connectivity index (χ1v) is 4.54. The number of hydrogen-bond donors (Lipinski definition) is 1. The van der Waals surface area contributed by atoms with E-state index in [-0.39, 0.29) is 18.6 Å². The number of nitrogens with one attached hydrogen (secondary N) is 1. The highest BCUT2D eigenvalue weighted by molar-refractivity contribution is 5.77. The van der Waals surface area contributed by atoms with E-state index in [2.05, 4.69) is 11.4 Å². The molecular formula is C9H14N2O2. The Morgan fingerprint density at radius 2 is 2.46 bits per heavy atom. The maximum Gasteiger partial charge on any atom is 0.247 e. The van der Waals surface area contributed by atoms with E-state index < -0.39 is 0 Å². The molecule has 0 bridgehead atoms. The Morgan fingerprint density at radius 1 is 1.77 bits per heavy atom. The van der Waals surface area contributed by atoms with E-state index in [0.717, 1.165) is 12.8 Å². The standard InChI is InChI=1S/C9H14N2O2/c1-2-13-6-9(12)11-8(5-10)7-3-4-7/h7-8H,2-4,6H2,1H3,(H,11,12). The third kappa shape index (κ3) is 3.43. The van der Waals surface area contributed by atoms with Gasteiger partial charge in [-0.15, -0.1) is 0 Å². The molecule has 1 unspecified atom stereocenters. The van der Waals surface area contributed by atoms with Crippen molar-refractivity contribution in [3.63, 3.8) is 0 Å². The lowest BCUT2D eigenvalue weighted by Gasteiger charge is -2.09. The molecule has 0 saturated heterocycles. The van der Waals surface area contributed by atoms with E-state index in [4.69, 9.17) is 10.00 Å². The normalized spacial score (nSPS) is 17.5. The molecule has 1 aliphatic rings. The fourth-order valence-corrected chi connectivity index (χ4v) is 1.09. The van der Waals surface area contributed by atoms with Crippen molar-refractivity contribution in [1.29, 1.82) is 5.26 Å². The van der Waals surface area contributed by atoms with Crippen molar-refractivity contribution in [2.45, 2.75) is 25.8 Å². The fraction of sp³-hybridized carbons (Fsp3) is 0.778. The smallest absolute Gasteiger partial charge is 0.247 e. The van der Waals surface area contributed by atoms with E-state index in [1.54, 1.807) is 0 Å². The van der Waals surface area contributed by atoms with Gasteiger partial charge in [0.15, 0.2) is 0 Å². The molecule has 72 valence electrons. The van der Waals surface area contributed by atoms with Crippen LogP contribution in [0.4, 0.5) is 0 Å². The minimum Gasteiger partial charge on any atom is -0.372 e. The summed E-state index contributed by atoms with van der Waals surface area (Å²) in [5.74, 6) is 0.177. The number of ether oxygens (including phenoxy) is 1. The van der Waals surface area contributed by atoms with E-state index >= 15 is 0 Å². The highest BCUT2D eigenvalue weighted by Gasteiger charge is 2.32. The van der Waals surface area contributed by atoms with Gasteiger partial charge in [0.25, 0.3) is 0 Å². The Hall–Kier alpha value is -1.08. The number of nitriles is 1. The predicted octanol–water partition coefficient (Wildman–Crippen LogP) is 0.441. The first-order valence-electron chi connectivity index (χ1n) is 4.54. The highest BCUT2D eigenvalue weighted by atomic mass is 16.5. The zero-order valence-electron chi connectivity index (χ0n) is 7.75. The van der Waals surface area contributed by atoms with Crippen LogP contribution in [0.2, 0.25) is 0 Å². The second kappa shape index (κ2) is 4.83. The topological polar surface area (TPSA) is 62.1 Å². The van der Waals surface area contributed by atoms with Gasteiger partial charge in [0.2, 0.25) is 5.91 Å². The molecule has 0 aromatic carbocycles. The lowest BCUT2D eigenvalue weighted by Crippen LogP contribution is -2.37. The van der Waals surface area contributed by atoms with E-state index in [1.165, 1.54) is 0 Å². The van der Waals surface area contributed by atoms with Crippen molar-refractivity contribution < 1.29 is 9.53 Å². The Morgan fingerprint density at radius 3 is 2.92 bits per heavy atom. The van der Waals surface area contributed by atoms with Crippen molar-refractivity contribution in [2.24, 2.45) is 5.92 Å². The molecule has 0 heterocycles. The minimum absolute atomic E-state index is 0.0569. The Balaban J connectivity index is 2.21. The van der Waals surface area contributed by atoms with Gasteiger partial charge in [-0.3, -0.25) is 4.79 Å². The number of hydrogen-bond acceptors (Lipinski definition) is 3. The molecule has 1 atom stereocenters. The molecule has 1 N–H and O–H groups in total. The zero-order valence-corrected chi connectivity index (χ0v) is 7.75. The number of carbonyl (C=O) groups is 1. The molecule has 4 nitrogen and oxygen atoms in total. The number of amides is 1. The Kier molecular flexibility index (Phi) is 3.71. The van der Waals surface area contributed by atoms with Crippen LogP contribution in [0.25, 0.3) is 0 Å². The number of nitrogens with zero attached hydrogens (tertiary/aromatic N) is 1. The second-order valence-electron chi connectivity index (χ2n) is 3.15. The number of carbonyl (C=O) groups excluding carboxylic acids is 1. The average Bonchev–Trinajstić information content (AvgIpc) is 2.94. The van der Waals surface area contributed by atoms with E-state index in [0.29, 0.717) is 12.5 Å². The fourth-order valence-electron chi connectivity index (χ4n) is 1.09. The molecule has 1 amide bonds. The maximum absolute atomic E-state index is 11.1. The first kappa shape index (κ1) is 10.0. The van der Waals surface area contributed by atoms with Crippen LogP contribution in [0, 0.1) is 17.2 Å². The molecule has 0 aromatic heterocycles. The van der Waals surface area contributed by atoms with Crippen LogP contribution in [-0.4, -0.2) is 25.2 Å². The summed E-state index contributed by atoms with van der Waals surface area (Å²) in [6.45, 7) is 2.41. The van der Waals surface area contributed by atoms with E-state index in [1.807, 2.05) is 6.92 Å². The monoisotopic (exact) mass is 182 g/mol. The molecule has 1 fully saturated rings. The predicted molar refractivity (Wildman–Crippen MR) is 46.8 cm³/mol. The molecule has 0 aliphatic heterocycles. The van der Waals surface area contributed by atoms with Crippen molar-refractivity contribution in [3.8, 4) is 6.07 Å². The van der Waals surface area contributed by atoms with Crippen LogP contribution in [0.15, 0.2) is 0 Å².